The van der Waals surface area contributed by atoms with Gasteiger partial charge >= 0.3 is 0 Å². The van der Waals surface area contributed by atoms with E-state index in [9.17, 15) is 9.65 Å². The van der Waals surface area contributed by atoms with Gasteiger partial charge in [-0.2, -0.15) is 5.26 Å². The summed E-state index contributed by atoms with van der Waals surface area (Å²) < 4.78 is 25.7. The summed E-state index contributed by atoms with van der Waals surface area (Å²) in [5, 5.41) is 18.6. The summed E-state index contributed by atoms with van der Waals surface area (Å²) in [6.07, 6.45) is 1.41. The number of ether oxygens (including phenoxy) is 2. The average Bonchev–Trinajstić information content (AvgIpc) is 2.83. The standard InChI is InChI=1S/C24H15Cl2FN4O2/c1-32-15-7-13(8-16(10-15)33-2)21-22(24-18(26)9-14(25)12-29-24)20(11-28)30-31-23(21)17-5-3-4-6-19(17)27/h3-10,12H,1-2H3. The molecule has 4 rings (SSSR count). The molecule has 0 aliphatic rings. The van der Waals surface area contributed by atoms with Crippen LogP contribution in [0.4, 0.5) is 4.39 Å². The Labute approximate surface area is 199 Å². The second-order valence-corrected chi connectivity index (χ2v) is 7.67. The zero-order chi connectivity index (χ0) is 23.5. The molecule has 33 heavy (non-hydrogen) atoms. The second kappa shape index (κ2) is 9.41. The Balaban J connectivity index is 2.18. The number of hydrogen-bond acceptors (Lipinski definition) is 6. The lowest BCUT2D eigenvalue weighted by molar-refractivity contribution is 0.394. The van der Waals surface area contributed by atoms with Crippen molar-refractivity contribution in [1.82, 2.24) is 15.2 Å². The van der Waals surface area contributed by atoms with E-state index in [2.05, 4.69) is 15.2 Å². The molecule has 164 valence electrons. The molecule has 0 saturated heterocycles. The third kappa shape index (κ3) is 4.31. The summed E-state index contributed by atoms with van der Waals surface area (Å²) in [4.78, 5) is 4.35. The maximum Gasteiger partial charge on any atom is 0.173 e. The average molecular weight is 481 g/mol. The molecule has 2 aromatic carbocycles. The summed E-state index contributed by atoms with van der Waals surface area (Å²) >= 11 is 12.5. The van der Waals surface area contributed by atoms with E-state index in [4.69, 9.17) is 32.7 Å². The first-order valence-electron chi connectivity index (χ1n) is 9.57. The van der Waals surface area contributed by atoms with Gasteiger partial charge in [0, 0.05) is 23.4 Å². The van der Waals surface area contributed by atoms with Crippen LogP contribution in [0.15, 0.2) is 54.7 Å². The van der Waals surface area contributed by atoms with Crippen LogP contribution >= 0.6 is 23.2 Å². The van der Waals surface area contributed by atoms with Gasteiger partial charge in [-0.1, -0.05) is 35.3 Å². The molecule has 0 unspecified atom stereocenters. The van der Waals surface area contributed by atoms with Crippen LogP contribution in [0, 0.1) is 17.1 Å². The van der Waals surface area contributed by atoms with Crippen molar-refractivity contribution in [1.29, 1.82) is 5.26 Å². The summed E-state index contributed by atoms with van der Waals surface area (Å²) in [6.45, 7) is 0. The third-order valence-corrected chi connectivity index (χ3v) is 5.39. The largest absolute Gasteiger partial charge is 0.497 e. The number of aromatic nitrogens is 3. The predicted octanol–water partition coefficient (Wildman–Crippen LogP) is 6.21. The maximum absolute atomic E-state index is 14.9. The van der Waals surface area contributed by atoms with Crippen molar-refractivity contribution in [2.45, 2.75) is 0 Å². The van der Waals surface area contributed by atoms with Crippen LogP contribution in [0.3, 0.4) is 0 Å². The summed E-state index contributed by atoms with van der Waals surface area (Å²) in [7, 11) is 3.03. The van der Waals surface area contributed by atoms with Gasteiger partial charge in [-0.15, -0.1) is 10.2 Å². The lowest BCUT2D eigenvalue weighted by atomic mass is 9.91. The first-order chi connectivity index (χ1) is 16.0. The molecule has 9 heteroatoms. The van der Waals surface area contributed by atoms with Crippen LogP contribution in [0.5, 0.6) is 11.5 Å². The Morgan fingerprint density at radius 3 is 2.21 bits per heavy atom. The molecule has 6 nitrogen and oxygen atoms in total. The Morgan fingerprint density at radius 1 is 0.909 bits per heavy atom. The van der Waals surface area contributed by atoms with Gasteiger partial charge in [0.2, 0.25) is 0 Å². The van der Waals surface area contributed by atoms with E-state index < -0.39 is 5.82 Å². The molecule has 2 aromatic heterocycles. The van der Waals surface area contributed by atoms with Gasteiger partial charge in [0.1, 0.15) is 29.1 Å². The SMILES string of the molecule is COc1cc(OC)cc(-c2c(-c3ccccc3F)nnc(C#N)c2-c2ncc(Cl)cc2Cl)c1. The highest BCUT2D eigenvalue weighted by Crippen LogP contribution is 2.44. The molecule has 4 aromatic rings. The molecular weight excluding hydrogens is 466 g/mol. The van der Waals surface area contributed by atoms with Gasteiger partial charge in [0.25, 0.3) is 0 Å². The minimum absolute atomic E-state index is 0.0383. The molecule has 0 bridgehead atoms. The van der Waals surface area contributed by atoms with Crippen molar-refractivity contribution in [2.24, 2.45) is 0 Å². The molecule has 0 aliphatic carbocycles. The van der Waals surface area contributed by atoms with Crippen LogP contribution in [0.25, 0.3) is 33.6 Å². The van der Waals surface area contributed by atoms with Crippen LogP contribution < -0.4 is 9.47 Å². The van der Waals surface area contributed by atoms with Crippen molar-refractivity contribution in [3.05, 3.63) is 76.3 Å². The van der Waals surface area contributed by atoms with Crippen LogP contribution in [-0.4, -0.2) is 29.4 Å². The smallest absolute Gasteiger partial charge is 0.173 e. The topological polar surface area (TPSA) is 80.9 Å². The van der Waals surface area contributed by atoms with E-state index in [-0.39, 0.29) is 33.2 Å². The predicted molar refractivity (Wildman–Crippen MR) is 124 cm³/mol. The first kappa shape index (κ1) is 22.5. The van der Waals surface area contributed by atoms with E-state index in [1.165, 1.54) is 32.5 Å². The minimum atomic E-state index is -0.506. The van der Waals surface area contributed by atoms with Crippen molar-refractivity contribution in [2.75, 3.05) is 14.2 Å². The van der Waals surface area contributed by atoms with Gasteiger partial charge in [0.15, 0.2) is 5.69 Å². The molecule has 0 spiro atoms. The third-order valence-electron chi connectivity index (χ3n) is 4.89. The molecule has 0 radical (unpaired) electrons. The van der Waals surface area contributed by atoms with Gasteiger partial charge < -0.3 is 9.47 Å². The zero-order valence-electron chi connectivity index (χ0n) is 17.4. The molecule has 0 amide bonds. The van der Waals surface area contributed by atoms with E-state index in [0.717, 1.165) is 0 Å². The summed E-state index contributed by atoms with van der Waals surface area (Å²) in [5.41, 5.74) is 1.82. The van der Waals surface area contributed by atoms with Crippen molar-refractivity contribution < 1.29 is 13.9 Å². The number of methoxy groups -OCH3 is 2. The number of nitrogens with zero attached hydrogens (tertiary/aromatic N) is 4. The molecule has 0 fully saturated rings. The zero-order valence-corrected chi connectivity index (χ0v) is 18.9. The highest BCUT2D eigenvalue weighted by atomic mass is 35.5. The fraction of sp³-hybridized carbons (Fsp3) is 0.0833. The number of rotatable bonds is 5. The molecule has 0 aliphatic heterocycles. The summed E-state index contributed by atoms with van der Waals surface area (Å²) in [5.74, 6) is 0.467. The van der Waals surface area contributed by atoms with E-state index in [0.29, 0.717) is 27.6 Å². The van der Waals surface area contributed by atoms with Crippen LogP contribution in [0.2, 0.25) is 10.0 Å². The molecule has 0 saturated carbocycles. The van der Waals surface area contributed by atoms with Gasteiger partial charge in [0.05, 0.1) is 35.5 Å². The van der Waals surface area contributed by atoms with Gasteiger partial charge in [-0.05, 0) is 35.9 Å². The quantitative estimate of drug-likeness (QED) is 0.337. The lowest BCUT2D eigenvalue weighted by Crippen LogP contribution is -2.03. The molecule has 2 heterocycles. The van der Waals surface area contributed by atoms with Crippen LogP contribution in [-0.2, 0) is 0 Å². The molecule has 0 N–H and O–H groups in total. The highest BCUT2D eigenvalue weighted by Gasteiger charge is 2.25. The normalized spacial score (nSPS) is 10.5. The minimum Gasteiger partial charge on any atom is -0.497 e. The Hall–Kier alpha value is -3.73. The first-order valence-corrected chi connectivity index (χ1v) is 10.3. The second-order valence-electron chi connectivity index (χ2n) is 6.82. The maximum atomic E-state index is 14.9. The Kier molecular flexibility index (Phi) is 6.40. The monoisotopic (exact) mass is 480 g/mol. The highest BCUT2D eigenvalue weighted by molar-refractivity contribution is 6.36. The van der Waals surface area contributed by atoms with Gasteiger partial charge in [-0.3, -0.25) is 4.98 Å². The fourth-order valence-electron chi connectivity index (χ4n) is 3.42. The Bertz CT molecular complexity index is 1380. The number of pyridine rings is 1. The Morgan fingerprint density at radius 2 is 1.61 bits per heavy atom. The van der Waals surface area contributed by atoms with Crippen LogP contribution in [0.1, 0.15) is 5.69 Å². The van der Waals surface area contributed by atoms with E-state index in [1.54, 1.807) is 36.4 Å². The summed E-state index contributed by atoms with van der Waals surface area (Å²) in [6, 6.07) is 14.8. The number of hydrogen-bond donors (Lipinski definition) is 0. The number of halogens is 3. The van der Waals surface area contributed by atoms with Crippen molar-refractivity contribution >= 4 is 23.2 Å². The molecule has 0 atom stereocenters. The van der Waals surface area contributed by atoms with E-state index in [1.807, 2.05) is 6.07 Å². The van der Waals surface area contributed by atoms with Crippen molar-refractivity contribution in [3.63, 3.8) is 0 Å². The number of benzene rings is 2. The van der Waals surface area contributed by atoms with Gasteiger partial charge in [-0.25, -0.2) is 4.39 Å². The number of nitriles is 1. The lowest BCUT2D eigenvalue weighted by Gasteiger charge is -2.17. The molecular formula is C24H15Cl2FN4O2. The van der Waals surface area contributed by atoms with Crippen molar-refractivity contribution in [3.8, 4) is 51.2 Å². The fourth-order valence-corrected chi connectivity index (χ4v) is 3.89. The van der Waals surface area contributed by atoms with E-state index >= 15 is 0 Å².